The average Bonchev–Trinajstić information content (AvgIpc) is 3.62. The number of amides is 2. The van der Waals surface area contributed by atoms with Gasteiger partial charge in [-0.25, -0.2) is 9.59 Å². The normalized spacial score (nSPS) is 44.1. The maximum Gasteiger partial charge on any atom is 0.410 e. The smallest absolute Gasteiger partial charge is 0.410 e. The largest absolute Gasteiger partial charge is 0.446 e. The van der Waals surface area contributed by atoms with Crippen LogP contribution in [0, 0.1) is 51.2 Å². The lowest BCUT2D eigenvalue weighted by molar-refractivity contribution is -0.149. The molecule has 2 saturated heterocycles. The van der Waals surface area contributed by atoms with Crippen LogP contribution in [-0.2, 0) is 18.9 Å². The minimum atomic E-state index is -0.324. The van der Waals surface area contributed by atoms with Crippen molar-refractivity contribution >= 4 is 12.2 Å². The van der Waals surface area contributed by atoms with Crippen molar-refractivity contribution < 1.29 is 33.6 Å². The number of hydrogen-bond acceptors (Lipinski definition) is 7. The minimum absolute atomic E-state index is 0.00765. The highest BCUT2D eigenvalue weighted by Crippen LogP contribution is 2.87. The molecule has 2 heterocycles. The number of alkyl carbamates (subject to hydrolysis) is 1. The van der Waals surface area contributed by atoms with E-state index in [0.717, 1.165) is 25.9 Å². The van der Waals surface area contributed by atoms with Crippen LogP contribution in [0.4, 0.5) is 9.59 Å². The number of nitrogens with one attached hydrogen (secondary N) is 1. The van der Waals surface area contributed by atoms with Gasteiger partial charge in [-0.3, -0.25) is 0 Å². The van der Waals surface area contributed by atoms with E-state index in [1.165, 1.54) is 51.4 Å². The predicted octanol–water partition coefficient (Wildman–Crippen LogP) is 6.41. The van der Waals surface area contributed by atoms with Gasteiger partial charge >= 0.3 is 12.2 Å². The minimum Gasteiger partial charge on any atom is -0.446 e. The molecule has 9 heteroatoms. The highest BCUT2D eigenvalue weighted by molar-refractivity contribution is 5.68. The molecule has 46 heavy (non-hydrogen) atoms. The van der Waals surface area contributed by atoms with E-state index in [0.29, 0.717) is 66.8 Å². The second-order valence-corrected chi connectivity index (χ2v) is 16.9. The van der Waals surface area contributed by atoms with Crippen molar-refractivity contribution in [2.24, 2.45) is 51.2 Å². The first kappa shape index (κ1) is 34.3. The summed E-state index contributed by atoms with van der Waals surface area (Å²) >= 11 is 0. The van der Waals surface area contributed by atoms with Crippen molar-refractivity contribution in [1.82, 2.24) is 10.2 Å². The van der Waals surface area contributed by atoms with E-state index >= 15 is 0 Å². The predicted molar refractivity (Wildman–Crippen MR) is 175 cm³/mol. The van der Waals surface area contributed by atoms with E-state index in [1.807, 2.05) is 11.8 Å². The third-order valence-electron chi connectivity index (χ3n) is 14.7. The molecule has 2 aliphatic heterocycles. The summed E-state index contributed by atoms with van der Waals surface area (Å²) in [5.74, 6) is 2.94. The fraction of sp³-hybridized carbons (Fsp3) is 0.946. The summed E-state index contributed by atoms with van der Waals surface area (Å²) in [5, 5.41) is 9.81. The summed E-state index contributed by atoms with van der Waals surface area (Å²) in [5.41, 5.74) is 1.22. The molecule has 7 rings (SSSR count). The van der Waals surface area contributed by atoms with E-state index in [2.05, 4.69) is 39.9 Å². The lowest BCUT2D eigenvalue weighted by Crippen LogP contribution is -2.55. The molecule has 7 fully saturated rings. The molecule has 0 bridgehead atoms. The maximum absolute atomic E-state index is 13.1. The van der Waals surface area contributed by atoms with Gasteiger partial charge in [-0.1, -0.05) is 34.6 Å². The Bertz CT molecular complexity index is 1130. The molecule has 5 aliphatic carbocycles. The number of aliphatic hydroxyl groups is 1. The summed E-state index contributed by atoms with van der Waals surface area (Å²) in [6.07, 6.45) is 11.7. The molecular weight excluding hydrogens is 584 g/mol. The summed E-state index contributed by atoms with van der Waals surface area (Å²) in [6.45, 7) is 16.7. The van der Waals surface area contributed by atoms with Crippen LogP contribution >= 0.6 is 0 Å². The Morgan fingerprint density at radius 2 is 1.65 bits per heavy atom. The van der Waals surface area contributed by atoms with Crippen molar-refractivity contribution in [2.75, 3.05) is 40.0 Å². The number of carbonyl (C=O) groups excluding carboxylic acids is 2. The lowest BCUT2D eigenvalue weighted by Gasteiger charge is -2.59. The highest BCUT2D eigenvalue weighted by Gasteiger charge is 2.81. The van der Waals surface area contributed by atoms with Crippen molar-refractivity contribution in [2.45, 2.75) is 130 Å². The van der Waals surface area contributed by atoms with Crippen molar-refractivity contribution in [3.8, 4) is 0 Å². The summed E-state index contributed by atoms with van der Waals surface area (Å²) < 4.78 is 24.7. The molecule has 0 aromatic carbocycles. The van der Waals surface area contributed by atoms with Crippen LogP contribution in [0.1, 0.15) is 106 Å². The molecule has 9 nitrogen and oxygen atoms in total. The van der Waals surface area contributed by atoms with Gasteiger partial charge in [0.25, 0.3) is 0 Å². The first-order valence-electron chi connectivity index (χ1n) is 18.5. The third-order valence-corrected chi connectivity index (χ3v) is 14.7. The van der Waals surface area contributed by atoms with Crippen LogP contribution in [0.5, 0.6) is 0 Å². The average molecular weight is 647 g/mol. The Labute approximate surface area is 277 Å². The SMILES string of the molecule is CCNC(=O)O[C@H](C(C)C)C1CC[C@H]2C(CC3C4CC[C@H]5C(C)(C)[C@@H](OC(=O)N6CCOCC6)CC[C@@]56C[C@@]46CC[C@@]32C)O1.CO. The van der Waals surface area contributed by atoms with Gasteiger partial charge in [-0.2, -0.15) is 0 Å². The summed E-state index contributed by atoms with van der Waals surface area (Å²) in [6, 6.07) is 0. The molecule has 11 atom stereocenters. The van der Waals surface area contributed by atoms with E-state index < -0.39 is 0 Å². The second kappa shape index (κ2) is 12.7. The first-order valence-corrected chi connectivity index (χ1v) is 18.5. The Kier molecular flexibility index (Phi) is 9.47. The molecule has 2 spiro atoms. The molecule has 0 radical (unpaired) electrons. The molecule has 5 saturated carbocycles. The number of aliphatic hydroxyl groups excluding tert-OH is 1. The Morgan fingerprint density at radius 1 is 0.935 bits per heavy atom. The van der Waals surface area contributed by atoms with Crippen LogP contribution in [0.3, 0.4) is 0 Å². The number of ether oxygens (including phenoxy) is 4. The summed E-state index contributed by atoms with van der Waals surface area (Å²) in [7, 11) is 1.00. The third kappa shape index (κ3) is 5.28. The fourth-order valence-electron chi connectivity index (χ4n) is 12.6. The van der Waals surface area contributed by atoms with E-state index in [-0.39, 0.29) is 47.9 Å². The van der Waals surface area contributed by atoms with Crippen molar-refractivity contribution in [3.63, 3.8) is 0 Å². The zero-order chi connectivity index (χ0) is 33.1. The van der Waals surface area contributed by atoms with Crippen LogP contribution in [0.2, 0.25) is 0 Å². The van der Waals surface area contributed by atoms with Gasteiger partial charge in [0, 0.05) is 32.2 Å². The zero-order valence-corrected chi connectivity index (χ0v) is 29.6. The van der Waals surface area contributed by atoms with Gasteiger partial charge in [0.1, 0.15) is 12.2 Å². The van der Waals surface area contributed by atoms with Crippen LogP contribution in [0.15, 0.2) is 0 Å². The van der Waals surface area contributed by atoms with Crippen LogP contribution in [0.25, 0.3) is 0 Å². The fourth-order valence-corrected chi connectivity index (χ4v) is 12.6. The standard InChI is InChI=1S/C36H58N2O6.CH4O/c1-7-37-31(39)44-30(22(2)3)26-10-8-24-27(42-26)20-25-23-9-11-28-33(4,5)29(43-32(40)38-16-18-41-19-17-38)12-13-36(28)21-35(23,36)15-14-34(24,25)6;1-2/h22-30H,7-21H2,1-6H3,(H,37,39);2H,1H3/t23?,24-,25?,26?,27?,28-,29-,30+,34+,35-,36+;/m0./s1. The molecule has 7 aliphatic rings. The van der Waals surface area contributed by atoms with Crippen LogP contribution < -0.4 is 5.32 Å². The van der Waals surface area contributed by atoms with Gasteiger partial charge in [0.2, 0.25) is 0 Å². The summed E-state index contributed by atoms with van der Waals surface area (Å²) in [4.78, 5) is 27.3. The number of fused-ring (bicyclic) bond motifs is 4. The Morgan fingerprint density at radius 3 is 2.35 bits per heavy atom. The molecule has 2 amide bonds. The quantitative estimate of drug-likeness (QED) is 0.356. The molecule has 0 aromatic rings. The van der Waals surface area contributed by atoms with Gasteiger partial charge < -0.3 is 34.3 Å². The number of hydrogen-bond donors (Lipinski definition) is 2. The number of rotatable bonds is 5. The van der Waals surface area contributed by atoms with Crippen LogP contribution in [-0.4, -0.2) is 86.6 Å². The number of carbonyl (C=O) groups is 2. The van der Waals surface area contributed by atoms with Gasteiger partial charge in [-0.15, -0.1) is 0 Å². The van der Waals surface area contributed by atoms with E-state index in [4.69, 9.17) is 24.1 Å². The second-order valence-electron chi connectivity index (χ2n) is 16.9. The maximum atomic E-state index is 13.1. The molecule has 0 aromatic heterocycles. The topological polar surface area (TPSA) is 107 Å². The first-order chi connectivity index (χ1) is 22.0. The molecule has 4 unspecified atom stereocenters. The number of morpholine rings is 1. The highest BCUT2D eigenvalue weighted by atomic mass is 16.6. The Balaban J connectivity index is 0.00000182. The van der Waals surface area contributed by atoms with Crippen molar-refractivity contribution in [3.05, 3.63) is 0 Å². The van der Waals surface area contributed by atoms with E-state index in [9.17, 15) is 9.59 Å². The molecule has 2 N–H and O–H groups in total. The molecule has 262 valence electrons. The van der Waals surface area contributed by atoms with Gasteiger partial charge in [-0.05, 0) is 117 Å². The lowest BCUT2D eigenvalue weighted by atomic mass is 9.46. The monoisotopic (exact) mass is 646 g/mol. The zero-order valence-electron chi connectivity index (χ0n) is 29.6. The van der Waals surface area contributed by atoms with Crippen molar-refractivity contribution in [1.29, 1.82) is 0 Å². The Hall–Kier alpha value is -1.58. The number of nitrogens with zero attached hydrogens (tertiary/aromatic N) is 1. The van der Waals surface area contributed by atoms with E-state index in [1.54, 1.807) is 0 Å². The van der Waals surface area contributed by atoms with Gasteiger partial charge in [0.15, 0.2) is 0 Å². The van der Waals surface area contributed by atoms with Gasteiger partial charge in [0.05, 0.1) is 25.4 Å². The molecular formula is C37H62N2O7.